The molecule has 0 atom stereocenters. The highest BCUT2D eigenvalue weighted by atomic mass is 16.5. The molecule has 128 valence electrons. The van der Waals surface area contributed by atoms with Gasteiger partial charge in [-0.25, -0.2) is 4.79 Å². The Morgan fingerprint density at radius 3 is 2.54 bits per heavy atom. The van der Waals surface area contributed by atoms with Crippen molar-refractivity contribution in [2.45, 2.75) is 27.4 Å². The molecule has 0 heterocycles. The predicted octanol–water partition coefficient (Wildman–Crippen LogP) is 4.46. The van der Waals surface area contributed by atoms with Gasteiger partial charge < -0.3 is 14.2 Å². The Bertz CT molecular complexity index is 713. The number of nitrogens with one attached hydrogen (secondary N) is 1. The number of amides is 1. The summed E-state index contributed by atoms with van der Waals surface area (Å²) in [5, 5.41) is 2.71. The van der Waals surface area contributed by atoms with Crippen LogP contribution in [0, 0.1) is 13.8 Å². The molecule has 0 bridgehead atoms. The van der Waals surface area contributed by atoms with Crippen molar-refractivity contribution < 1.29 is 19.0 Å². The monoisotopic (exact) mass is 329 g/mol. The maximum absolute atomic E-state index is 11.6. The Balaban J connectivity index is 2.24. The summed E-state index contributed by atoms with van der Waals surface area (Å²) in [7, 11) is 1.32. The molecule has 0 spiro atoms. The summed E-state index contributed by atoms with van der Waals surface area (Å²) in [5.74, 6) is 1.40. The summed E-state index contributed by atoms with van der Waals surface area (Å²) in [6.45, 7) is 6.75. The number of anilines is 1. The third-order valence-corrected chi connectivity index (χ3v) is 3.54. The third kappa shape index (κ3) is 4.41. The highest BCUT2D eigenvalue weighted by Gasteiger charge is 2.14. The Morgan fingerprint density at radius 2 is 1.88 bits per heavy atom. The van der Waals surface area contributed by atoms with Crippen molar-refractivity contribution in [3.05, 3.63) is 53.1 Å². The SMILES string of the molecule is CCOc1cccc(COc2ccc(C)cc2C)c1NC(=O)OC. The van der Waals surface area contributed by atoms with Crippen molar-refractivity contribution in [2.75, 3.05) is 19.0 Å². The lowest BCUT2D eigenvalue weighted by atomic mass is 10.1. The van der Waals surface area contributed by atoms with Gasteiger partial charge in [-0.15, -0.1) is 0 Å². The van der Waals surface area contributed by atoms with Crippen LogP contribution in [0.5, 0.6) is 11.5 Å². The first-order valence-corrected chi connectivity index (χ1v) is 7.84. The van der Waals surface area contributed by atoms with Crippen LogP contribution in [0.2, 0.25) is 0 Å². The molecule has 0 aromatic heterocycles. The molecule has 5 nitrogen and oxygen atoms in total. The van der Waals surface area contributed by atoms with E-state index in [9.17, 15) is 4.79 Å². The molecule has 2 rings (SSSR count). The number of para-hydroxylation sites is 1. The standard InChI is InChI=1S/C19H23NO4/c1-5-23-17-8-6-7-15(18(17)20-19(21)22-4)12-24-16-10-9-13(2)11-14(16)3/h6-11H,5,12H2,1-4H3,(H,20,21). The molecule has 0 radical (unpaired) electrons. The van der Waals surface area contributed by atoms with E-state index in [0.29, 0.717) is 24.7 Å². The van der Waals surface area contributed by atoms with Crippen molar-refractivity contribution >= 4 is 11.8 Å². The number of aryl methyl sites for hydroxylation is 2. The molecule has 0 aliphatic rings. The lowest BCUT2D eigenvalue weighted by Crippen LogP contribution is -2.14. The summed E-state index contributed by atoms with van der Waals surface area (Å²) in [5.41, 5.74) is 3.63. The fourth-order valence-electron chi connectivity index (χ4n) is 2.38. The fourth-order valence-corrected chi connectivity index (χ4v) is 2.38. The highest BCUT2D eigenvalue weighted by Crippen LogP contribution is 2.30. The first-order chi connectivity index (χ1) is 11.5. The zero-order valence-electron chi connectivity index (χ0n) is 14.5. The lowest BCUT2D eigenvalue weighted by molar-refractivity contribution is 0.186. The van der Waals surface area contributed by atoms with Gasteiger partial charge in [0, 0.05) is 5.56 Å². The summed E-state index contributed by atoms with van der Waals surface area (Å²) >= 11 is 0. The van der Waals surface area contributed by atoms with E-state index >= 15 is 0 Å². The maximum atomic E-state index is 11.6. The third-order valence-electron chi connectivity index (χ3n) is 3.54. The van der Waals surface area contributed by atoms with Gasteiger partial charge in [-0.1, -0.05) is 29.8 Å². The summed E-state index contributed by atoms with van der Waals surface area (Å²) in [6.07, 6.45) is -0.546. The Morgan fingerprint density at radius 1 is 1.08 bits per heavy atom. The van der Waals surface area contributed by atoms with Gasteiger partial charge in [-0.05, 0) is 38.5 Å². The quantitative estimate of drug-likeness (QED) is 0.850. The predicted molar refractivity (Wildman–Crippen MR) is 93.9 cm³/mol. The van der Waals surface area contributed by atoms with E-state index in [2.05, 4.69) is 11.4 Å². The van der Waals surface area contributed by atoms with E-state index in [1.54, 1.807) is 6.07 Å². The molecule has 2 aromatic rings. The number of carbonyl (C=O) groups is 1. The fraction of sp³-hybridized carbons (Fsp3) is 0.316. The number of hydrogen-bond acceptors (Lipinski definition) is 4. The number of methoxy groups -OCH3 is 1. The van der Waals surface area contributed by atoms with E-state index in [-0.39, 0.29) is 0 Å². The van der Waals surface area contributed by atoms with Gasteiger partial charge in [-0.2, -0.15) is 0 Å². The Hall–Kier alpha value is -2.69. The number of ether oxygens (including phenoxy) is 3. The number of hydrogen-bond donors (Lipinski definition) is 1. The zero-order valence-corrected chi connectivity index (χ0v) is 14.5. The van der Waals surface area contributed by atoms with Gasteiger partial charge in [-0.3, -0.25) is 5.32 Å². The van der Waals surface area contributed by atoms with Crippen molar-refractivity contribution in [3.63, 3.8) is 0 Å². The molecule has 24 heavy (non-hydrogen) atoms. The Kier molecular flexibility index (Phi) is 6.07. The minimum atomic E-state index is -0.546. The van der Waals surface area contributed by atoms with E-state index in [1.165, 1.54) is 12.7 Å². The smallest absolute Gasteiger partial charge is 0.411 e. The van der Waals surface area contributed by atoms with E-state index in [0.717, 1.165) is 16.9 Å². The molecule has 1 N–H and O–H groups in total. The molecular weight excluding hydrogens is 306 g/mol. The highest BCUT2D eigenvalue weighted by molar-refractivity contribution is 5.88. The Labute approximate surface area is 142 Å². The van der Waals surface area contributed by atoms with Crippen LogP contribution in [0.3, 0.4) is 0 Å². The first kappa shape index (κ1) is 17.7. The maximum Gasteiger partial charge on any atom is 0.411 e. The average Bonchev–Trinajstić information content (AvgIpc) is 2.56. The van der Waals surface area contributed by atoms with Crippen molar-refractivity contribution in [3.8, 4) is 11.5 Å². The lowest BCUT2D eigenvalue weighted by Gasteiger charge is -2.16. The van der Waals surface area contributed by atoms with E-state index in [4.69, 9.17) is 14.2 Å². The van der Waals surface area contributed by atoms with Crippen LogP contribution in [0.1, 0.15) is 23.6 Å². The molecular formula is C19H23NO4. The number of rotatable bonds is 6. The van der Waals surface area contributed by atoms with Crippen LogP contribution in [0.25, 0.3) is 0 Å². The van der Waals surface area contributed by atoms with E-state index in [1.807, 2.05) is 45.0 Å². The summed E-state index contributed by atoms with van der Waals surface area (Å²) < 4.78 is 16.2. The summed E-state index contributed by atoms with van der Waals surface area (Å²) in [4.78, 5) is 11.6. The topological polar surface area (TPSA) is 56.8 Å². The minimum Gasteiger partial charge on any atom is -0.492 e. The molecule has 5 heteroatoms. The first-order valence-electron chi connectivity index (χ1n) is 7.84. The van der Waals surface area contributed by atoms with Crippen LogP contribution >= 0.6 is 0 Å². The van der Waals surface area contributed by atoms with Crippen LogP contribution < -0.4 is 14.8 Å². The molecule has 0 aliphatic carbocycles. The van der Waals surface area contributed by atoms with Gasteiger partial charge in [0.2, 0.25) is 0 Å². The largest absolute Gasteiger partial charge is 0.492 e. The zero-order chi connectivity index (χ0) is 17.5. The molecule has 1 amide bonds. The van der Waals surface area contributed by atoms with Gasteiger partial charge in [0.25, 0.3) is 0 Å². The van der Waals surface area contributed by atoms with Crippen molar-refractivity contribution in [1.29, 1.82) is 0 Å². The minimum absolute atomic E-state index is 0.310. The van der Waals surface area contributed by atoms with Crippen LogP contribution in [-0.2, 0) is 11.3 Å². The second-order valence-corrected chi connectivity index (χ2v) is 5.40. The van der Waals surface area contributed by atoms with Crippen LogP contribution in [0.4, 0.5) is 10.5 Å². The van der Waals surface area contributed by atoms with E-state index < -0.39 is 6.09 Å². The molecule has 0 aliphatic heterocycles. The van der Waals surface area contributed by atoms with Crippen LogP contribution in [0.15, 0.2) is 36.4 Å². The normalized spacial score (nSPS) is 10.2. The molecule has 2 aromatic carbocycles. The molecule has 0 saturated heterocycles. The van der Waals surface area contributed by atoms with Crippen LogP contribution in [-0.4, -0.2) is 19.8 Å². The van der Waals surface area contributed by atoms with Gasteiger partial charge in [0.05, 0.1) is 19.4 Å². The second-order valence-electron chi connectivity index (χ2n) is 5.40. The molecule has 0 fully saturated rings. The molecule has 0 unspecified atom stereocenters. The average molecular weight is 329 g/mol. The molecule has 0 saturated carbocycles. The number of benzene rings is 2. The number of carbonyl (C=O) groups excluding carboxylic acids is 1. The van der Waals surface area contributed by atoms with Crippen molar-refractivity contribution in [2.24, 2.45) is 0 Å². The van der Waals surface area contributed by atoms with Gasteiger partial charge in [0.1, 0.15) is 18.1 Å². The van der Waals surface area contributed by atoms with Gasteiger partial charge in [0.15, 0.2) is 0 Å². The summed E-state index contributed by atoms with van der Waals surface area (Å²) in [6, 6.07) is 11.6. The van der Waals surface area contributed by atoms with Gasteiger partial charge >= 0.3 is 6.09 Å². The second kappa shape index (κ2) is 8.24. The van der Waals surface area contributed by atoms with Crippen molar-refractivity contribution in [1.82, 2.24) is 0 Å².